The highest BCUT2D eigenvalue weighted by atomic mass is 32.1. The average molecular weight is 521 g/mol. The number of pyridine rings is 1. The van der Waals surface area contributed by atoms with Gasteiger partial charge in [-0.1, -0.05) is 127 Å². The first kappa shape index (κ1) is 26.9. The van der Waals surface area contributed by atoms with Crippen molar-refractivity contribution in [3.63, 3.8) is 0 Å². The van der Waals surface area contributed by atoms with Gasteiger partial charge in [-0.05, 0) is 18.9 Å². The van der Waals surface area contributed by atoms with Gasteiger partial charge in [0.25, 0.3) is 5.91 Å². The molecule has 0 N–H and O–H groups in total. The van der Waals surface area contributed by atoms with E-state index in [-0.39, 0.29) is 5.91 Å². The van der Waals surface area contributed by atoms with Crippen LogP contribution in [0.3, 0.4) is 0 Å². The van der Waals surface area contributed by atoms with E-state index < -0.39 is 0 Å². The summed E-state index contributed by atoms with van der Waals surface area (Å²) in [7, 11) is 0. The van der Waals surface area contributed by atoms with Gasteiger partial charge < -0.3 is 4.57 Å². The molecule has 3 nitrogen and oxygen atoms in total. The molecule has 0 radical (unpaired) electrons. The summed E-state index contributed by atoms with van der Waals surface area (Å²) in [5.41, 5.74) is 1.72. The number of thiocarbonyl (C=S) groups is 1. The summed E-state index contributed by atoms with van der Waals surface area (Å²) < 4.78 is 3.01. The largest absolute Gasteiger partial charge is 0.332 e. The van der Waals surface area contributed by atoms with Crippen LogP contribution >= 0.6 is 24.4 Å². The Bertz CT molecular complexity index is 1270. The van der Waals surface area contributed by atoms with Crippen molar-refractivity contribution in [3.8, 4) is 0 Å². The van der Waals surface area contributed by atoms with Gasteiger partial charge in [0.05, 0.1) is 0 Å². The zero-order valence-electron chi connectivity index (χ0n) is 22.0. The number of nitrogens with zero attached hydrogens (tertiary/aromatic N) is 2. The second-order valence-electron chi connectivity index (χ2n) is 10.3. The van der Waals surface area contributed by atoms with Crippen molar-refractivity contribution < 1.29 is 4.79 Å². The Morgan fingerprint density at radius 1 is 0.694 bits per heavy atom. The summed E-state index contributed by atoms with van der Waals surface area (Å²) in [5, 5.41) is 5.05. The first-order chi connectivity index (χ1) is 17.5. The van der Waals surface area contributed by atoms with Crippen LogP contribution < -0.4 is 5.35 Å². The number of aromatic nitrogens is 1. The molecular weight excluding hydrogens is 480 g/mol. The van der Waals surface area contributed by atoms with E-state index in [0.717, 1.165) is 68.5 Å². The number of unbranched alkanes of at least 4 members (excludes halogenated alkanes) is 10. The summed E-state index contributed by atoms with van der Waals surface area (Å²) in [5.74, 6) is 0.0239. The van der Waals surface area contributed by atoms with Gasteiger partial charge >= 0.3 is 0 Å². The molecule has 0 aliphatic carbocycles. The highest BCUT2D eigenvalue weighted by Crippen LogP contribution is 2.36. The van der Waals surface area contributed by atoms with Crippen LogP contribution in [0, 0.1) is 4.64 Å². The molecule has 1 aliphatic heterocycles. The molecule has 0 saturated heterocycles. The summed E-state index contributed by atoms with van der Waals surface area (Å²) in [6, 6.07) is 8.24. The third-order valence-electron chi connectivity index (χ3n) is 7.69. The van der Waals surface area contributed by atoms with Crippen LogP contribution in [0.1, 0.15) is 107 Å². The van der Waals surface area contributed by atoms with E-state index in [1.807, 2.05) is 17.0 Å². The minimum absolute atomic E-state index is 0.0239. The lowest BCUT2D eigenvalue weighted by Gasteiger charge is -2.30. The third kappa shape index (κ3) is 5.28. The van der Waals surface area contributed by atoms with Crippen molar-refractivity contribution in [2.24, 2.45) is 0 Å². The van der Waals surface area contributed by atoms with Gasteiger partial charge in [0, 0.05) is 51.1 Å². The molecule has 36 heavy (non-hydrogen) atoms. The van der Waals surface area contributed by atoms with Gasteiger partial charge in [0.1, 0.15) is 9.63 Å². The number of carbonyl (C=O) groups is 1. The standard InChI is InChI=1S/C31H40N2OS2/c1-4-6-8-10-12-14-20-32-22(3)23-16-18-26-28-24(17-19-25(27(23)28)30(32)35)29(34)33(31(26)36)21-15-13-11-9-7-5-2/h16-19H,3-15,20-21H2,1-2H3. The molecule has 5 heteroatoms. The van der Waals surface area contributed by atoms with Crippen LogP contribution in [0.2, 0.25) is 0 Å². The fourth-order valence-corrected chi connectivity index (χ4v) is 6.32. The zero-order chi connectivity index (χ0) is 25.7. The fraction of sp³-hybridized carbons (Fsp3) is 0.516. The Morgan fingerprint density at radius 3 is 1.92 bits per heavy atom. The zero-order valence-corrected chi connectivity index (χ0v) is 23.7. The van der Waals surface area contributed by atoms with Gasteiger partial charge in [-0.25, -0.2) is 0 Å². The topological polar surface area (TPSA) is 25.2 Å². The van der Waals surface area contributed by atoms with Crippen molar-refractivity contribution in [1.29, 1.82) is 0 Å². The Morgan fingerprint density at radius 2 is 1.25 bits per heavy atom. The second-order valence-corrected chi connectivity index (χ2v) is 11.0. The van der Waals surface area contributed by atoms with Gasteiger partial charge in [0.2, 0.25) is 0 Å². The Balaban J connectivity index is 1.62. The molecule has 0 atom stereocenters. The fourth-order valence-electron chi connectivity index (χ4n) is 5.61. The van der Waals surface area contributed by atoms with E-state index in [9.17, 15) is 4.79 Å². The van der Waals surface area contributed by atoms with Crippen molar-refractivity contribution in [2.75, 3.05) is 6.54 Å². The van der Waals surface area contributed by atoms with Crippen molar-refractivity contribution in [3.05, 3.63) is 45.4 Å². The first-order valence-corrected chi connectivity index (χ1v) is 14.8. The SMILES string of the molecule is C=c1c2ccc3c4c(ccc(c(=S)n1CCCCCCCC)c42)C(=O)N(CCCCCCCC)C3=S. The number of hydrogen-bond acceptors (Lipinski definition) is 3. The van der Waals surface area contributed by atoms with Crippen LogP contribution in [-0.4, -0.2) is 26.9 Å². The third-order valence-corrected chi connectivity index (χ3v) is 8.58. The number of rotatable bonds is 14. The molecule has 2 heterocycles. The molecule has 2 aromatic carbocycles. The maximum Gasteiger partial charge on any atom is 0.259 e. The van der Waals surface area contributed by atoms with E-state index in [2.05, 4.69) is 37.1 Å². The van der Waals surface area contributed by atoms with E-state index in [4.69, 9.17) is 24.4 Å². The predicted octanol–water partition coefficient (Wildman–Crippen LogP) is 8.51. The molecule has 0 unspecified atom stereocenters. The normalized spacial score (nSPS) is 13.4. The maximum atomic E-state index is 13.6. The smallest absolute Gasteiger partial charge is 0.259 e. The summed E-state index contributed by atoms with van der Waals surface area (Å²) in [6.45, 7) is 10.5. The Kier molecular flexibility index (Phi) is 9.30. The minimum atomic E-state index is 0.0239. The number of carbonyl (C=O) groups excluding carboxylic acids is 1. The van der Waals surface area contributed by atoms with E-state index in [1.165, 1.54) is 57.8 Å². The van der Waals surface area contributed by atoms with Crippen molar-refractivity contribution >= 4 is 63.5 Å². The molecule has 1 amide bonds. The van der Waals surface area contributed by atoms with Crippen molar-refractivity contribution in [2.45, 2.75) is 97.4 Å². The molecule has 3 aromatic rings. The van der Waals surface area contributed by atoms with Crippen LogP contribution in [-0.2, 0) is 6.54 Å². The minimum Gasteiger partial charge on any atom is -0.332 e. The van der Waals surface area contributed by atoms with E-state index >= 15 is 0 Å². The lowest BCUT2D eigenvalue weighted by atomic mass is 9.90. The van der Waals surface area contributed by atoms with Crippen molar-refractivity contribution in [1.82, 2.24) is 9.47 Å². The van der Waals surface area contributed by atoms with Gasteiger partial charge in [-0.2, -0.15) is 0 Å². The van der Waals surface area contributed by atoms with Crippen LogP contribution in [0.5, 0.6) is 0 Å². The molecule has 0 bridgehead atoms. The number of amides is 1. The molecule has 0 spiro atoms. The molecule has 4 rings (SSSR count). The highest BCUT2D eigenvalue weighted by molar-refractivity contribution is 7.80. The van der Waals surface area contributed by atoms with Crippen LogP contribution in [0.4, 0.5) is 0 Å². The lowest BCUT2D eigenvalue weighted by molar-refractivity contribution is 0.0847. The quantitative estimate of drug-likeness (QED) is 0.157. The highest BCUT2D eigenvalue weighted by Gasteiger charge is 2.31. The number of hydrogen-bond donors (Lipinski definition) is 0. The molecule has 1 aromatic heterocycles. The Labute approximate surface area is 226 Å². The molecule has 192 valence electrons. The number of benzene rings is 2. The van der Waals surface area contributed by atoms with Crippen LogP contribution in [0.15, 0.2) is 24.3 Å². The lowest BCUT2D eigenvalue weighted by Crippen LogP contribution is -2.40. The van der Waals surface area contributed by atoms with Gasteiger partial charge in [-0.15, -0.1) is 0 Å². The summed E-state index contributed by atoms with van der Waals surface area (Å²) >= 11 is 11.8. The summed E-state index contributed by atoms with van der Waals surface area (Å²) in [6.07, 6.45) is 14.6. The van der Waals surface area contributed by atoms with Crippen LogP contribution in [0.25, 0.3) is 28.1 Å². The summed E-state index contributed by atoms with van der Waals surface area (Å²) in [4.78, 5) is 16.0. The van der Waals surface area contributed by atoms with E-state index in [1.54, 1.807) is 0 Å². The van der Waals surface area contributed by atoms with E-state index in [0.29, 0.717) is 11.5 Å². The molecular formula is C31H40N2OS2. The molecule has 1 aliphatic rings. The Hall–Kier alpha value is -2.11. The monoisotopic (exact) mass is 520 g/mol. The maximum absolute atomic E-state index is 13.6. The second kappa shape index (κ2) is 12.4. The van der Waals surface area contributed by atoms with Gasteiger partial charge in [-0.3, -0.25) is 9.69 Å². The average Bonchev–Trinajstić information content (AvgIpc) is 2.88. The molecule has 0 saturated carbocycles. The molecule has 0 fully saturated rings. The first-order valence-electron chi connectivity index (χ1n) is 14.0. The van der Waals surface area contributed by atoms with Gasteiger partial charge in [0.15, 0.2) is 0 Å². The predicted molar refractivity (Wildman–Crippen MR) is 161 cm³/mol.